The Kier molecular flexibility index (Phi) is 5.85. The van der Waals surface area contributed by atoms with Crippen molar-refractivity contribution in [1.82, 2.24) is 15.1 Å². The first-order chi connectivity index (χ1) is 12.3. The molecule has 128 valence electrons. The summed E-state index contributed by atoms with van der Waals surface area (Å²) in [7, 11) is 0. The molecule has 0 aliphatic heterocycles. The van der Waals surface area contributed by atoms with Gasteiger partial charge in [-0.25, -0.2) is 0 Å². The third-order valence-electron chi connectivity index (χ3n) is 3.70. The third kappa shape index (κ3) is 4.70. The molecule has 1 amide bonds. The van der Waals surface area contributed by atoms with E-state index in [9.17, 15) is 4.79 Å². The standard InChI is InChI=1S/C19H19N3O2S/c1-2-22(13-15-9-5-3-6-10-15)17(23)14-25-19-21-20-18(24-19)16-11-7-4-8-12-16/h3-12H,2,13-14H2,1H3. The van der Waals surface area contributed by atoms with Gasteiger partial charge in [0.1, 0.15) is 0 Å². The molecule has 1 heterocycles. The smallest absolute Gasteiger partial charge is 0.277 e. The van der Waals surface area contributed by atoms with E-state index in [-0.39, 0.29) is 11.7 Å². The van der Waals surface area contributed by atoms with Gasteiger partial charge in [0, 0.05) is 18.7 Å². The lowest BCUT2D eigenvalue weighted by Crippen LogP contribution is -2.31. The van der Waals surface area contributed by atoms with E-state index in [0.29, 0.717) is 24.2 Å². The van der Waals surface area contributed by atoms with E-state index in [1.54, 1.807) is 0 Å². The minimum absolute atomic E-state index is 0.0517. The monoisotopic (exact) mass is 353 g/mol. The van der Waals surface area contributed by atoms with Crippen molar-refractivity contribution in [3.05, 3.63) is 66.2 Å². The van der Waals surface area contributed by atoms with Gasteiger partial charge in [-0.3, -0.25) is 4.79 Å². The molecule has 0 N–H and O–H groups in total. The zero-order valence-electron chi connectivity index (χ0n) is 14.0. The van der Waals surface area contributed by atoms with Crippen molar-refractivity contribution in [2.45, 2.75) is 18.7 Å². The van der Waals surface area contributed by atoms with Gasteiger partial charge in [0.05, 0.1) is 5.75 Å². The van der Waals surface area contributed by atoms with Gasteiger partial charge in [-0.15, -0.1) is 10.2 Å². The molecule has 0 aliphatic carbocycles. The van der Waals surface area contributed by atoms with E-state index in [1.807, 2.05) is 72.5 Å². The Labute approximate surface area is 151 Å². The molecule has 2 aromatic carbocycles. The highest BCUT2D eigenvalue weighted by atomic mass is 32.2. The predicted molar refractivity (Wildman–Crippen MR) is 98.0 cm³/mol. The Bertz CT molecular complexity index is 806. The summed E-state index contributed by atoms with van der Waals surface area (Å²) in [6, 6.07) is 19.5. The molecule has 0 spiro atoms. The van der Waals surface area contributed by atoms with Gasteiger partial charge in [-0.2, -0.15) is 0 Å². The van der Waals surface area contributed by atoms with Crippen LogP contribution in [-0.2, 0) is 11.3 Å². The van der Waals surface area contributed by atoms with Crippen molar-refractivity contribution >= 4 is 17.7 Å². The molecule has 3 aromatic rings. The number of nitrogens with zero attached hydrogens (tertiary/aromatic N) is 3. The average Bonchev–Trinajstić information content (AvgIpc) is 3.15. The first-order valence-corrected chi connectivity index (χ1v) is 9.08. The van der Waals surface area contributed by atoms with E-state index in [0.717, 1.165) is 11.1 Å². The molecule has 0 unspecified atom stereocenters. The summed E-state index contributed by atoms with van der Waals surface area (Å²) in [5, 5.41) is 8.45. The van der Waals surface area contributed by atoms with Gasteiger partial charge in [-0.05, 0) is 24.6 Å². The number of thioether (sulfide) groups is 1. The molecule has 0 radical (unpaired) electrons. The molecule has 1 aromatic heterocycles. The zero-order chi connectivity index (χ0) is 17.5. The Hall–Kier alpha value is -2.60. The normalized spacial score (nSPS) is 10.6. The van der Waals surface area contributed by atoms with Crippen LogP contribution in [0.1, 0.15) is 12.5 Å². The lowest BCUT2D eigenvalue weighted by molar-refractivity contribution is -0.128. The zero-order valence-corrected chi connectivity index (χ0v) is 14.8. The molecule has 0 atom stereocenters. The molecule has 0 aliphatic rings. The van der Waals surface area contributed by atoms with Gasteiger partial charge in [-0.1, -0.05) is 60.3 Å². The van der Waals surface area contributed by atoms with Crippen LogP contribution in [0.2, 0.25) is 0 Å². The fourth-order valence-corrected chi connectivity index (χ4v) is 3.03. The largest absolute Gasteiger partial charge is 0.411 e. The topological polar surface area (TPSA) is 59.2 Å². The molecular weight excluding hydrogens is 334 g/mol. The molecule has 0 bridgehead atoms. The number of benzene rings is 2. The lowest BCUT2D eigenvalue weighted by atomic mass is 10.2. The second kappa shape index (κ2) is 8.48. The highest BCUT2D eigenvalue weighted by Gasteiger charge is 2.15. The lowest BCUT2D eigenvalue weighted by Gasteiger charge is -2.20. The third-order valence-corrected chi connectivity index (χ3v) is 4.50. The molecule has 5 nitrogen and oxygen atoms in total. The van der Waals surface area contributed by atoms with Crippen LogP contribution in [0, 0.1) is 0 Å². The summed E-state index contributed by atoms with van der Waals surface area (Å²) in [6.45, 7) is 3.24. The number of aromatic nitrogens is 2. The van der Waals surface area contributed by atoms with Crippen LogP contribution in [0.5, 0.6) is 0 Å². The van der Waals surface area contributed by atoms with E-state index in [1.165, 1.54) is 11.8 Å². The molecular formula is C19H19N3O2S. The molecule has 3 rings (SSSR count). The number of carbonyl (C=O) groups is 1. The van der Waals surface area contributed by atoms with Crippen LogP contribution in [-0.4, -0.2) is 33.3 Å². The summed E-state index contributed by atoms with van der Waals surface area (Å²) in [5.41, 5.74) is 1.99. The van der Waals surface area contributed by atoms with E-state index < -0.39 is 0 Å². The first kappa shape index (κ1) is 17.2. The maximum absolute atomic E-state index is 12.4. The Morgan fingerprint density at radius 2 is 1.72 bits per heavy atom. The number of hydrogen-bond donors (Lipinski definition) is 0. The molecule has 25 heavy (non-hydrogen) atoms. The number of rotatable bonds is 7. The van der Waals surface area contributed by atoms with Crippen molar-refractivity contribution in [3.63, 3.8) is 0 Å². The predicted octanol–water partition coefficient (Wildman–Crippen LogP) is 3.88. The molecule has 0 fully saturated rings. The average molecular weight is 353 g/mol. The highest BCUT2D eigenvalue weighted by molar-refractivity contribution is 7.99. The van der Waals surface area contributed by atoms with Crippen molar-refractivity contribution < 1.29 is 9.21 Å². The van der Waals surface area contributed by atoms with Gasteiger partial charge < -0.3 is 9.32 Å². The Balaban J connectivity index is 1.57. The van der Waals surface area contributed by atoms with E-state index >= 15 is 0 Å². The maximum Gasteiger partial charge on any atom is 0.277 e. The number of amides is 1. The number of hydrogen-bond acceptors (Lipinski definition) is 5. The van der Waals surface area contributed by atoms with Crippen LogP contribution in [0.4, 0.5) is 0 Å². The van der Waals surface area contributed by atoms with Crippen LogP contribution < -0.4 is 0 Å². The van der Waals surface area contributed by atoms with Crippen molar-refractivity contribution in [2.75, 3.05) is 12.3 Å². The highest BCUT2D eigenvalue weighted by Crippen LogP contribution is 2.23. The summed E-state index contributed by atoms with van der Waals surface area (Å²) in [5.74, 6) is 0.792. The van der Waals surface area contributed by atoms with Crippen molar-refractivity contribution in [2.24, 2.45) is 0 Å². The summed E-state index contributed by atoms with van der Waals surface area (Å²) in [4.78, 5) is 14.3. The SMILES string of the molecule is CCN(Cc1ccccc1)C(=O)CSc1nnc(-c2ccccc2)o1. The summed E-state index contributed by atoms with van der Waals surface area (Å²) < 4.78 is 5.62. The molecule has 0 saturated heterocycles. The van der Waals surface area contributed by atoms with Gasteiger partial charge in [0.2, 0.25) is 11.8 Å². The van der Waals surface area contributed by atoms with Gasteiger partial charge in [0.15, 0.2) is 0 Å². The second-order valence-corrected chi connectivity index (χ2v) is 6.35. The summed E-state index contributed by atoms with van der Waals surface area (Å²) >= 11 is 1.27. The van der Waals surface area contributed by atoms with E-state index in [4.69, 9.17) is 4.42 Å². The van der Waals surface area contributed by atoms with Gasteiger partial charge in [0.25, 0.3) is 5.22 Å². The minimum atomic E-state index is 0.0517. The summed E-state index contributed by atoms with van der Waals surface area (Å²) in [6.07, 6.45) is 0. The Morgan fingerprint density at radius 3 is 2.40 bits per heavy atom. The van der Waals surface area contributed by atoms with Gasteiger partial charge >= 0.3 is 0 Å². The van der Waals surface area contributed by atoms with Crippen molar-refractivity contribution in [3.8, 4) is 11.5 Å². The van der Waals surface area contributed by atoms with E-state index in [2.05, 4.69) is 10.2 Å². The van der Waals surface area contributed by atoms with Crippen LogP contribution >= 0.6 is 11.8 Å². The second-order valence-electron chi connectivity index (χ2n) is 5.42. The van der Waals surface area contributed by atoms with Crippen LogP contribution in [0.25, 0.3) is 11.5 Å². The Morgan fingerprint density at radius 1 is 1.04 bits per heavy atom. The fourth-order valence-electron chi connectivity index (χ4n) is 2.36. The van der Waals surface area contributed by atoms with Crippen LogP contribution in [0.15, 0.2) is 70.3 Å². The van der Waals surface area contributed by atoms with Crippen molar-refractivity contribution in [1.29, 1.82) is 0 Å². The van der Waals surface area contributed by atoms with Crippen LogP contribution in [0.3, 0.4) is 0 Å². The molecule has 0 saturated carbocycles. The first-order valence-electron chi connectivity index (χ1n) is 8.09. The maximum atomic E-state index is 12.4. The minimum Gasteiger partial charge on any atom is -0.411 e. The quantitative estimate of drug-likeness (QED) is 0.603. The molecule has 6 heteroatoms. The number of carbonyl (C=O) groups excluding carboxylic acids is 1. The fraction of sp³-hybridized carbons (Fsp3) is 0.211.